The lowest BCUT2D eigenvalue weighted by Gasteiger charge is -1.82. The van der Waals surface area contributed by atoms with Crippen molar-refractivity contribution >= 4 is 0 Å². The summed E-state index contributed by atoms with van der Waals surface area (Å²) < 4.78 is 0. The Hall–Kier alpha value is -0.520. The first kappa shape index (κ1) is 3.66. The Balaban J connectivity index is 2.60. The van der Waals surface area contributed by atoms with Gasteiger partial charge < -0.3 is 0 Å². The van der Waals surface area contributed by atoms with E-state index in [0.717, 1.165) is 0 Å². The van der Waals surface area contributed by atoms with Crippen LogP contribution < -0.4 is 0 Å². The Morgan fingerprint density at radius 3 is 1.83 bits per heavy atom. The fourth-order valence-corrected chi connectivity index (χ4v) is 0.470. The monoisotopic (exact) mass is 79.1 g/mol. The van der Waals surface area contributed by atoms with Crippen molar-refractivity contribution < 1.29 is 0 Å². The second-order valence-corrected chi connectivity index (χ2v) is 1.46. The zero-order chi connectivity index (χ0) is 4.41. The van der Waals surface area contributed by atoms with Crippen LogP contribution in [-0.4, -0.2) is 0 Å². The van der Waals surface area contributed by atoms with Gasteiger partial charge in [0.1, 0.15) is 0 Å². The molecule has 0 spiro atoms. The van der Waals surface area contributed by atoms with Gasteiger partial charge in [0.05, 0.1) is 0 Å². The Labute approximate surface area is 38.2 Å². The van der Waals surface area contributed by atoms with E-state index in [1.807, 2.05) is 12.2 Å². The van der Waals surface area contributed by atoms with Gasteiger partial charge in [-0.2, -0.15) is 0 Å². The highest BCUT2D eigenvalue weighted by molar-refractivity contribution is 5.31. The number of allylic oxidation sites excluding steroid dienone is 4. The first-order valence-electron chi connectivity index (χ1n) is 2.08. The molecule has 1 aliphatic rings. The molecule has 0 heterocycles. The molecule has 0 amide bonds. The summed E-state index contributed by atoms with van der Waals surface area (Å²) in [5, 5.41) is 0. The van der Waals surface area contributed by atoms with E-state index in [9.17, 15) is 0 Å². The highest BCUT2D eigenvalue weighted by Crippen LogP contribution is 2.07. The maximum atomic E-state index is 2.08. The maximum absolute atomic E-state index is 2.08. The SMILES string of the molecule is C[C]1C=CC=C1. The summed E-state index contributed by atoms with van der Waals surface area (Å²) in [7, 11) is 0. The third-order valence-electron chi connectivity index (χ3n) is 0.829. The third-order valence-corrected chi connectivity index (χ3v) is 0.829. The molecule has 0 nitrogen and oxygen atoms in total. The van der Waals surface area contributed by atoms with E-state index in [2.05, 4.69) is 19.1 Å². The zero-order valence-corrected chi connectivity index (χ0v) is 3.81. The van der Waals surface area contributed by atoms with Crippen LogP contribution >= 0.6 is 0 Å². The topological polar surface area (TPSA) is 0 Å². The molecule has 0 atom stereocenters. The van der Waals surface area contributed by atoms with Crippen molar-refractivity contribution in [3.63, 3.8) is 0 Å². The Kier molecular flexibility index (Phi) is 0.789. The molecule has 0 saturated heterocycles. The maximum Gasteiger partial charge on any atom is 0.0162 e. The van der Waals surface area contributed by atoms with E-state index in [4.69, 9.17) is 0 Å². The second-order valence-electron chi connectivity index (χ2n) is 1.46. The van der Waals surface area contributed by atoms with Crippen molar-refractivity contribution in [3.05, 3.63) is 30.2 Å². The molecular formula is C6H7. The number of hydrogen-bond donors (Lipinski definition) is 0. The summed E-state index contributed by atoms with van der Waals surface area (Å²) in [5.41, 5.74) is 0. The third kappa shape index (κ3) is 0.510. The highest BCUT2D eigenvalue weighted by atomic mass is 14.0. The van der Waals surface area contributed by atoms with Gasteiger partial charge in [0.2, 0.25) is 0 Å². The quantitative estimate of drug-likeness (QED) is 0.414. The van der Waals surface area contributed by atoms with Gasteiger partial charge >= 0.3 is 0 Å². The van der Waals surface area contributed by atoms with Crippen LogP contribution in [-0.2, 0) is 0 Å². The predicted molar refractivity (Wildman–Crippen MR) is 27.2 cm³/mol. The fraction of sp³-hybridized carbons (Fsp3) is 0.167. The number of hydrogen-bond acceptors (Lipinski definition) is 0. The first-order valence-corrected chi connectivity index (χ1v) is 2.08. The zero-order valence-electron chi connectivity index (χ0n) is 3.81. The van der Waals surface area contributed by atoms with Crippen LogP contribution in [0.15, 0.2) is 24.3 Å². The summed E-state index contributed by atoms with van der Waals surface area (Å²) in [6, 6.07) is 0. The molecule has 0 N–H and O–H groups in total. The van der Waals surface area contributed by atoms with Crippen LogP contribution in [0.4, 0.5) is 0 Å². The molecule has 0 aliphatic heterocycles. The molecule has 0 aromatic carbocycles. The molecule has 1 rings (SSSR count). The highest BCUT2D eigenvalue weighted by Gasteiger charge is 1.90. The van der Waals surface area contributed by atoms with Crippen molar-refractivity contribution in [1.29, 1.82) is 0 Å². The van der Waals surface area contributed by atoms with Crippen molar-refractivity contribution in [3.8, 4) is 0 Å². The van der Waals surface area contributed by atoms with Gasteiger partial charge in [-0.05, 0) is 0 Å². The molecular weight excluding hydrogens is 72.1 g/mol. The molecule has 0 aromatic heterocycles. The van der Waals surface area contributed by atoms with Gasteiger partial charge in [-0.3, -0.25) is 0 Å². The second kappa shape index (κ2) is 1.29. The van der Waals surface area contributed by atoms with Gasteiger partial charge in [0.25, 0.3) is 0 Å². The van der Waals surface area contributed by atoms with Crippen molar-refractivity contribution in [2.45, 2.75) is 6.92 Å². The Morgan fingerprint density at radius 1 is 1.17 bits per heavy atom. The molecule has 31 valence electrons. The predicted octanol–water partition coefficient (Wildman–Crippen LogP) is 1.71. The molecule has 0 heteroatoms. The van der Waals surface area contributed by atoms with Gasteiger partial charge in [0.15, 0.2) is 0 Å². The van der Waals surface area contributed by atoms with E-state index in [1.165, 1.54) is 5.92 Å². The van der Waals surface area contributed by atoms with Crippen molar-refractivity contribution in [2.75, 3.05) is 0 Å². The van der Waals surface area contributed by atoms with Gasteiger partial charge in [0, 0.05) is 5.92 Å². The van der Waals surface area contributed by atoms with Crippen LogP contribution in [0.1, 0.15) is 6.92 Å². The smallest absolute Gasteiger partial charge is 0.0162 e. The van der Waals surface area contributed by atoms with Gasteiger partial charge in [-0.25, -0.2) is 0 Å². The van der Waals surface area contributed by atoms with Crippen LogP contribution in [0.5, 0.6) is 0 Å². The normalized spacial score (nSPS) is 20.2. The molecule has 0 saturated carbocycles. The molecule has 0 fully saturated rings. The summed E-state index contributed by atoms with van der Waals surface area (Å²) >= 11 is 0. The largest absolute Gasteiger partial charge is 0.0737 e. The number of rotatable bonds is 0. The Bertz CT molecular complexity index is 76.2. The standard InChI is InChI=1S/C6H7/c1-6-4-2-3-5-6/h2-5H,1H3. The van der Waals surface area contributed by atoms with Crippen LogP contribution in [0.25, 0.3) is 0 Å². The van der Waals surface area contributed by atoms with E-state index in [0.29, 0.717) is 0 Å². The fourth-order valence-electron chi connectivity index (χ4n) is 0.470. The van der Waals surface area contributed by atoms with Crippen molar-refractivity contribution in [1.82, 2.24) is 0 Å². The van der Waals surface area contributed by atoms with E-state index < -0.39 is 0 Å². The summed E-state index contributed by atoms with van der Waals surface area (Å²) in [4.78, 5) is 0. The summed E-state index contributed by atoms with van der Waals surface area (Å²) in [6.07, 6.45) is 8.24. The average Bonchev–Trinajstić information content (AvgIpc) is 1.86. The molecule has 0 unspecified atom stereocenters. The molecule has 1 radical (unpaired) electrons. The van der Waals surface area contributed by atoms with Gasteiger partial charge in [-0.1, -0.05) is 31.2 Å². The molecule has 1 aliphatic carbocycles. The lowest BCUT2D eigenvalue weighted by atomic mass is 10.2. The molecule has 6 heavy (non-hydrogen) atoms. The lowest BCUT2D eigenvalue weighted by Crippen LogP contribution is -1.68. The molecule has 0 bridgehead atoms. The summed E-state index contributed by atoms with van der Waals surface area (Å²) in [5.74, 6) is 1.34. The van der Waals surface area contributed by atoms with Crippen LogP contribution in [0, 0.1) is 5.92 Å². The minimum absolute atomic E-state index is 1.34. The van der Waals surface area contributed by atoms with Gasteiger partial charge in [-0.15, -0.1) is 0 Å². The first-order chi connectivity index (χ1) is 2.89. The van der Waals surface area contributed by atoms with Crippen molar-refractivity contribution in [2.24, 2.45) is 0 Å². The Morgan fingerprint density at radius 2 is 1.67 bits per heavy atom. The minimum atomic E-state index is 1.34. The van der Waals surface area contributed by atoms with E-state index in [-0.39, 0.29) is 0 Å². The molecule has 0 aromatic rings. The lowest BCUT2D eigenvalue weighted by molar-refractivity contribution is 1.36. The van der Waals surface area contributed by atoms with Crippen LogP contribution in [0.3, 0.4) is 0 Å². The van der Waals surface area contributed by atoms with E-state index in [1.54, 1.807) is 0 Å². The summed E-state index contributed by atoms with van der Waals surface area (Å²) in [6.45, 7) is 2.08. The van der Waals surface area contributed by atoms with E-state index >= 15 is 0 Å². The van der Waals surface area contributed by atoms with Crippen LogP contribution in [0.2, 0.25) is 0 Å². The average molecular weight is 79.1 g/mol. The minimum Gasteiger partial charge on any atom is -0.0737 e.